The van der Waals surface area contributed by atoms with Crippen molar-refractivity contribution in [2.75, 3.05) is 26.2 Å². The number of piperidine rings is 1. The number of hydrogen-bond donors (Lipinski definition) is 2. The molecule has 9 heteroatoms. The lowest BCUT2D eigenvalue weighted by atomic mass is 9.93. The monoisotopic (exact) mass is 393 g/mol. The largest absolute Gasteiger partial charge is 0.401 e. The van der Waals surface area contributed by atoms with Crippen molar-refractivity contribution >= 4 is 30.7 Å². The van der Waals surface area contributed by atoms with Crippen molar-refractivity contribution in [3.8, 4) is 0 Å². The highest BCUT2D eigenvalue weighted by atomic mass is 35.5. The van der Waals surface area contributed by atoms with Crippen LogP contribution in [-0.2, 0) is 4.79 Å². The molecule has 1 saturated carbocycles. The molecule has 2 aliphatic rings. The summed E-state index contributed by atoms with van der Waals surface area (Å²) in [5.74, 6) is 0.543. The molecule has 4 nitrogen and oxygen atoms in total. The number of likely N-dealkylation sites (tertiary alicyclic amines) is 1. The SMILES string of the molecule is Cl.Cl.NC1CCC(C(=O)NCCC2CCN(CC(F)(F)F)CC2)C1. The van der Waals surface area contributed by atoms with E-state index in [0.29, 0.717) is 25.6 Å². The zero-order valence-electron chi connectivity index (χ0n) is 13.7. The van der Waals surface area contributed by atoms with E-state index in [4.69, 9.17) is 5.73 Å². The number of amides is 1. The van der Waals surface area contributed by atoms with Crippen LogP contribution in [0.2, 0.25) is 0 Å². The van der Waals surface area contributed by atoms with Crippen molar-refractivity contribution in [1.29, 1.82) is 0 Å². The fraction of sp³-hybridized carbons (Fsp3) is 0.933. The van der Waals surface area contributed by atoms with E-state index in [9.17, 15) is 18.0 Å². The first-order valence-corrected chi connectivity index (χ1v) is 8.16. The predicted octanol–water partition coefficient (Wildman–Crippen LogP) is 2.74. The van der Waals surface area contributed by atoms with E-state index in [-0.39, 0.29) is 42.7 Å². The molecule has 1 heterocycles. The Morgan fingerprint density at radius 2 is 1.75 bits per heavy atom. The highest BCUT2D eigenvalue weighted by Crippen LogP contribution is 2.25. The maximum atomic E-state index is 12.3. The topological polar surface area (TPSA) is 58.4 Å². The van der Waals surface area contributed by atoms with Crippen LogP contribution in [0.25, 0.3) is 0 Å². The molecule has 0 aromatic heterocycles. The van der Waals surface area contributed by atoms with Gasteiger partial charge in [-0.25, -0.2) is 0 Å². The van der Waals surface area contributed by atoms with Gasteiger partial charge in [0.25, 0.3) is 0 Å². The van der Waals surface area contributed by atoms with Crippen molar-refractivity contribution < 1.29 is 18.0 Å². The molecule has 1 aliphatic carbocycles. The van der Waals surface area contributed by atoms with Gasteiger partial charge in [0.15, 0.2) is 0 Å². The summed E-state index contributed by atoms with van der Waals surface area (Å²) in [6, 6.07) is 0.147. The van der Waals surface area contributed by atoms with Crippen molar-refractivity contribution in [1.82, 2.24) is 10.2 Å². The summed E-state index contributed by atoms with van der Waals surface area (Å²) in [5.41, 5.74) is 5.80. The van der Waals surface area contributed by atoms with Crippen LogP contribution < -0.4 is 11.1 Å². The number of rotatable bonds is 5. The number of halogens is 5. The average molecular weight is 394 g/mol. The summed E-state index contributed by atoms with van der Waals surface area (Å²) in [4.78, 5) is 13.4. The van der Waals surface area contributed by atoms with Gasteiger partial charge in [0.05, 0.1) is 6.54 Å². The number of nitrogens with two attached hydrogens (primary N) is 1. The van der Waals surface area contributed by atoms with Crippen LogP contribution in [-0.4, -0.2) is 49.2 Å². The summed E-state index contributed by atoms with van der Waals surface area (Å²) < 4.78 is 36.9. The molecular formula is C15H28Cl2F3N3O. The van der Waals surface area contributed by atoms with Crippen LogP contribution in [0, 0.1) is 11.8 Å². The Morgan fingerprint density at radius 1 is 1.12 bits per heavy atom. The Bertz CT molecular complexity index is 377. The molecule has 1 saturated heterocycles. The van der Waals surface area contributed by atoms with Crippen LogP contribution >= 0.6 is 24.8 Å². The molecule has 24 heavy (non-hydrogen) atoms. The van der Waals surface area contributed by atoms with E-state index in [1.54, 1.807) is 0 Å². The van der Waals surface area contributed by atoms with Crippen LogP contribution in [0.1, 0.15) is 38.5 Å². The van der Waals surface area contributed by atoms with Gasteiger partial charge in [0.1, 0.15) is 0 Å². The number of carbonyl (C=O) groups is 1. The van der Waals surface area contributed by atoms with Gasteiger partial charge in [-0.15, -0.1) is 24.8 Å². The lowest BCUT2D eigenvalue weighted by Gasteiger charge is -2.32. The Balaban J connectivity index is 0.00000264. The Labute approximate surface area is 153 Å². The van der Waals surface area contributed by atoms with Crippen molar-refractivity contribution in [3.05, 3.63) is 0 Å². The maximum Gasteiger partial charge on any atom is 0.401 e. The fourth-order valence-corrected chi connectivity index (χ4v) is 3.49. The minimum atomic E-state index is -4.11. The smallest absolute Gasteiger partial charge is 0.356 e. The molecule has 0 aromatic carbocycles. The van der Waals surface area contributed by atoms with Crippen molar-refractivity contribution in [2.24, 2.45) is 17.6 Å². The van der Waals surface area contributed by atoms with Crippen molar-refractivity contribution in [3.63, 3.8) is 0 Å². The van der Waals surface area contributed by atoms with Gasteiger partial charge in [-0.05, 0) is 57.5 Å². The van der Waals surface area contributed by atoms with E-state index in [2.05, 4.69) is 5.32 Å². The van der Waals surface area contributed by atoms with E-state index in [0.717, 1.165) is 38.5 Å². The molecule has 0 spiro atoms. The standard InChI is InChI=1S/C15H26F3N3O.2ClH/c16-15(17,18)10-21-7-4-11(5-8-21)3-6-20-14(22)12-1-2-13(19)9-12;;/h11-13H,1-10,19H2,(H,20,22);2*1H. The number of nitrogens with one attached hydrogen (secondary N) is 1. The van der Waals surface area contributed by atoms with Crippen LogP contribution in [0.15, 0.2) is 0 Å². The zero-order chi connectivity index (χ0) is 16.2. The second kappa shape index (κ2) is 10.7. The van der Waals surface area contributed by atoms with Crippen LogP contribution in [0.4, 0.5) is 13.2 Å². The molecule has 1 aliphatic heterocycles. The first-order valence-electron chi connectivity index (χ1n) is 8.16. The molecule has 1 amide bonds. The molecule has 3 N–H and O–H groups in total. The van der Waals surface area contributed by atoms with Gasteiger partial charge < -0.3 is 11.1 Å². The predicted molar refractivity (Wildman–Crippen MR) is 92.7 cm³/mol. The lowest BCUT2D eigenvalue weighted by Crippen LogP contribution is -2.40. The first kappa shape index (κ1) is 23.8. The third kappa shape index (κ3) is 8.23. The molecule has 0 bridgehead atoms. The van der Waals surface area contributed by atoms with E-state index >= 15 is 0 Å². The summed E-state index contributed by atoms with van der Waals surface area (Å²) in [6.45, 7) is 0.804. The fourth-order valence-electron chi connectivity index (χ4n) is 3.49. The molecule has 0 aromatic rings. The molecule has 2 fully saturated rings. The van der Waals surface area contributed by atoms with Crippen LogP contribution in [0.5, 0.6) is 0 Å². The number of nitrogens with zero attached hydrogens (tertiary/aromatic N) is 1. The molecule has 2 unspecified atom stereocenters. The van der Waals surface area contributed by atoms with Gasteiger partial charge >= 0.3 is 6.18 Å². The minimum Gasteiger partial charge on any atom is -0.356 e. The third-order valence-electron chi connectivity index (χ3n) is 4.81. The number of hydrogen-bond acceptors (Lipinski definition) is 3. The first-order chi connectivity index (χ1) is 10.3. The zero-order valence-corrected chi connectivity index (χ0v) is 15.3. The number of carbonyl (C=O) groups excluding carboxylic acids is 1. The Kier molecular flexibility index (Phi) is 10.6. The van der Waals surface area contributed by atoms with Gasteiger partial charge in [0.2, 0.25) is 5.91 Å². The highest BCUT2D eigenvalue weighted by Gasteiger charge is 2.32. The molecular weight excluding hydrogens is 366 g/mol. The summed E-state index contributed by atoms with van der Waals surface area (Å²) >= 11 is 0. The summed E-state index contributed by atoms with van der Waals surface area (Å²) in [5, 5.41) is 2.95. The van der Waals surface area contributed by atoms with Gasteiger partial charge in [-0.3, -0.25) is 9.69 Å². The maximum absolute atomic E-state index is 12.3. The second-order valence-corrected chi connectivity index (χ2v) is 6.68. The molecule has 144 valence electrons. The minimum absolute atomic E-state index is 0. The Hall–Kier alpha value is -0.240. The normalized spacial score (nSPS) is 25.7. The number of alkyl halides is 3. The Morgan fingerprint density at radius 3 is 2.25 bits per heavy atom. The van der Waals surface area contributed by atoms with Gasteiger partial charge in [-0.2, -0.15) is 13.2 Å². The third-order valence-corrected chi connectivity index (χ3v) is 4.81. The lowest BCUT2D eigenvalue weighted by molar-refractivity contribution is -0.148. The van der Waals surface area contributed by atoms with E-state index < -0.39 is 12.7 Å². The molecule has 2 atom stereocenters. The molecule has 0 radical (unpaired) electrons. The highest BCUT2D eigenvalue weighted by molar-refractivity contribution is 5.85. The average Bonchev–Trinajstić information content (AvgIpc) is 2.86. The van der Waals surface area contributed by atoms with Crippen molar-refractivity contribution in [2.45, 2.75) is 50.7 Å². The van der Waals surface area contributed by atoms with Gasteiger partial charge in [-0.1, -0.05) is 0 Å². The quantitative estimate of drug-likeness (QED) is 0.754. The second-order valence-electron chi connectivity index (χ2n) is 6.68. The van der Waals surface area contributed by atoms with Crippen LogP contribution in [0.3, 0.4) is 0 Å². The summed E-state index contributed by atoms with van der Waals surface area (Å²) in [7, 11) is 0. The van der Waals surface area contributed by atoms with E-state index in [1.165, 1.54) is 4.90 Å². The molecule has 2 rings (SSSR count). The van der Waals surface area contributed by atoms with E-state index in [1.807, 2.05) is 0 Å². The van der Waals surface area contributed by atoms with Gasteiger partial charge in [0, 0.05) is 18.5 Å². The summed E-state index contributed by atoms with van der Waals surface area (Å²) in [6.07, 6.45) is 0.841.